The van der Waals surface area contributed by atoms with Crippen LogP contribution in [0.4, 0.5) is 4.79 Å². The summed E-state index contributed by atoms with van der Waals surface area (Å²) in [5.74, 6) is 0.289. The Hall–Kier alpha value is -3.58. The second-order valence-corrected chi connectivity index (χ2v) is 11.8. The quantitative estimate of drug-likeness (QED) is 0.292. The third kappa shape index (κ3) is 9.91. The maximum absolute atomic E-state index is 12.4. The van der Waals surface area contributed by atoms with E-state index in [1.54, 1.807) is 0 Å². The Morgan fingerprint density at radius 3 is 2.31 bits per heavy atom. The van der Waals surface area contributed by atoms with Crippen molar-refractivity contribution in [2.45, 2.75) is 78.7 Å². The molecule has 0 aliphatic heterocycles. The number of hydrogen-bond donors (Lipinski definition) is 1. The minimum Gasteiger partial charge on any atom is -0.489 e. The molecule has 0 aliphatic carbocycles. The van der Waals surface area contributed by atoms with E-state index in [1.807, 2.05) is 109 Å². The molecule has 1 aromatic heterocycles. The summed E-state index contributed by atoms with van der Waals surface area (Å²) < 4.78 is 16.9. The molecule has 1 amide bonds. The summed E-state index contributed by atoms with van der Waals surface area (Å²) >= 11 is 6.46. The molecular formula is C31H37ClN2O5. The van der Waals surface area contributed by atoms with Gasteiger partial charge in [0.1, 0.15) is 23.6 Å². The number of nitrogens with one attached hydrogen (secondary N) is 1. The first-order valence-electron chi connectivity index (χ1n) is 12.9. The Balaban J connectivity index is 1.74. The molecule has 0 bridgehead atoms. The Labute approximate surface area is 235 Å². The highest BCUT2D eigenvalue weighted by atomic mass is 35.5. The molecule has 2 aromatic carbocycles. The Bertz CT molecular complexity index is 1310. The number of carbonyl (C=O) groups excluding carboxylic acids is 2. The number of halogens is 1. The highest BCUT2D eigenvalue weighted by Gasteiger charge is 2.20. The van der Waals surface area contributed by atoms with E-state index in [2.05, 4.69) is 5.32 Å². The smallest absolute Gasteiger partial charge is 0.408 e. The predicted molar refractivity (Wildman–Crippen MR) is 153 cm³/mol. The number of aromatic nitrogens is 1. The molecule has 3 aromatic rings. The van der Waals surface area contributed by atoms with E-state index in [0.29, 0.717) is 22.2 Å². The van der Waals surface area contributed by atoms with E-state index in [4.69, 9.17) is 30.8 Å². The van der Waals surface area contributed by atoms with Crippen LogP contribution in [0.5, 0.6) is 5.75 Å². The Morgan fingerprint density at radius 1 is 0.923 bits per heavy atom. The molecule has 208 valence electrons. The van der Waals surface area contributed by atoms with Crippen LogP contribution in [0.2, 0.25) is 5.02 Å². The molecule has 1 atom stereocenters. The van der Waals surface area contributed by atoms with Gasteiger partial charge in [-0.25, -0.2) is 4.79 Å². The maximum atomic E-state index is 12.4. The molecule has 0 unspecified atom stereocenters. The van der Waals surface area contributed by atoms with Gasteiger partial charge in [-0.15, -0.1) is 0 Å². The van der Waals surface area contributed by atoms with Crippen LogP contribution in [-0.2, 0) is 27.3 Å². The van der Waals surface area contributed by atoms with Crippen LogP contribution in [0.25, 0.3) is 11.3 Å². The predicted octanol–water partition coefficient (Wildman–Crippen LogP) is 7.45. The molecule has 8 heteroatoms. The van der Waals surface area contributed by atoms with Gasteiger partial charge in [-0.1, -0.05) is 35.9 Å². The fraction of sp³-hybridized carbons (Fsp3) is 0.387. The van der Waals surface area contributed by atoms with Gasteiger partial charge in [0.15, 0.2) is 0 Å². The third-order valence-electron chi connectivity index (χ3n) is 5.32. The van der Waals surface area contributed by atoms with Crippen molar-refractivity contribution >= 4 is 23.7 Å². The van der Waals surface area contributed by atoms with Crippen molar-refractivity contribution in [2.24, 2.45) is 0 Å². The summed E-state index contributed by atoms with van der Waals surface area (Å²) in [6.07, 6.45) is -0.392. The number of hydrogen-bond acceptors (Lipinski definition) is 6. The highest BCUT2D eigenvalue weighted by Crippen LogP contribution is 2.27. The van der Waals surface area contributed by atoms with Crippen molar-refractivity contribution in [3.8, 4) is 17.0 Å². The zero-order valence-corrected chi connectivity index (χ0v) is 24.4. The van der Waals surface area contributed by atoms with Crippen molar-refractivity contribution in [1.82, 2.24) is 10.3 Å². The van der Waals surface area contributed by atoms with Gasteiger partial charge in [0.25, 0.3) is 0 Å². The highest BCUT2D eigenvalue weighted by molar-refractivity contribution is 6.30. The average molecular weight is 553 g/mol. The zero-order chi connectivity index (χ0) is 28.8. The lowest BCUT2D eigenvalue weighted by atomic mass is 10.1. The Morgan fingerprint density at radius 2 is 1.62 bits per heavy atom. The molecule has 1 heterocycles. The van der Waals surface area contributed by atoms with Gasteiger partial charge in [0.05, 0.1) is 23.9 Å². The van der Waals surface area contributed by atoms with Crippen molar-refractivity contribution in [2.75, 3.05) is 0 Å². The normalized spacial score (nSPS) is 12.4. The third-order valence-corrected chi connectivity index (χ3v) is 5.54. The van der Waals surface area contributed by atoms with Crippen LogP contribution in [0.3, 0.4) is 0 Å². The van der Waals surface area contributed by atoms with E-state index in [9.17, 15) is 9.59 Å². The van der Waals surface area contributed by atoms with E-state index in [1.165, 1.54) is 0 Å². The number of nitrogens with zero attached hydrogens (tertiary/aromatic N) is 1. The van der Waals surface area contributed by atoms with Gasteiger partial charge in [0, 0.05) is 16.1 Å². The zero-order valence-electron chi connectivity index (χ0n) is 23.6. The SMILES string of the molecule is C[C@@H](NC(=O)OC(C)(C)C)c1cccc(-c2cc(Cl)cc(COc3ccccc3CC(=O)OC(C)(C)C)c2)n1. The summed E-state index contributed by atoms with van der Waals surface area (Å²) in [5, 5.41) is 3.36. The van der Waals surface area contributed by atoms with Crippen LogP contribution < -0.4 is 10.1 Å². The standard InChI is InChI=1S/C31H37ClN2O5/c1-20(33-29(36)39-31(5,6)7)25-12-10-13-26(34-25)23-15-21(16-24(32)17-23)19-37-27-14-9-8-11-22(27)18-28(35)38-30(2,3)4/h8-17,20H,18-19H2,1-7H3,(H,33,36)/t20-/m1/s1. The van der Waals surface area contributed by atoms with Crippen LogP contribution in [0.1, 0.15) is 71.3 Å². The molecule has 0 saturated carbocycles. The van der Waals surface area contributed by atoms with E-state index >= 15 is 0 Å². The summed E-state index contributed by atoms with van der Waals surface area (Å²) in [5.41, 5.74) is 2.65. The van der Waals surface area contributed by atoms with Crippen molar-refractivity contribution in [3.05, 3.63) is 82.5 Å². The number of benzene rings is 2. The fourth-order valence-corrected chi connectivity index (χ4v) is 4.04. The molecule has 1 N–H and O–H groups in total. The number of carbonyl (C=O) groups is 2. The number of pyridine rings is 1. The summed E-state index contributed by atoms with van der Waals surface area (Å²) in [7, 11) is 0. The number of esters is 1. The number of alkyl carbamates (subject to hydrolysis) is 1. The van der Waals surface area contributed by atoms with Gasteiger partial charge in [-0.3, -0.25) is 9.78 Å². The lowest BCUT2D eigenvalue weighted by molar-refractivity contribution is -0.153. The molecule has 0 saturated heterocycles. The van der Waals surface area contributed by atoms with Gasteiger partial charge in [0.2, 0.25) is 0 Å². The molecule has 0 spiro atoms. The Kier molecular flexibility index (Phi) is 9.62. The van der Waals surface area contributed by atoms with Crippen LogP contribution >= 0.6 is 11.6 Å². The molecule has 0 fully saturated rings. The lowest BCUT2D eigenvalue weighted by Gasteiger charge is -2.22. The summed E-state index contributed by atoms with van der Waals surface area (Å²) in [4.78, 5) is 29.3. The molecule has 7 nitrogen and oxygen atoms in total. The second-order valence-electron chi connectivity index (χ2n) is 11.3. The average Bonchev–Trinajstić information content (AvgIpc) is 2.81. The van der Waals surface area contributed by atoms with Gasteiger partial charge in [-0.2, -0.15) is 0 Å². The molecule has 39 heavy (non-hydrogen) atoms. The number of amides is 1. The van der Waals surface area contributed by atoms with Crippen LogP contribution in [0, 0.1) is 0 Å². The number of para-hydroxylation sites is 1. The van der Waals surface area contributed by atoms with Crippen molar-refractivity contribution in [1.29, 1.82) is 0 Å². The first-order chi connectivity index (χ1) is 18.2. The van der Waals surface area contributed by atoms with E-state index in [-0.39, 0.29) is 25.0 Å². The van der Waals surface area contributed by atoms with Crippen LogP contribution in [-0.4, -0.2) is 28.2 Å². The van der Waals surface area contributed by atoms with E-state index < -0.39 is 17.3 Å². The van der Waals surface area contributed by atoms with Crippen molar-refractivity contribution < 1.29 is 23.8 Å². The van der Waals surface area contributed by atoms with E-state index in [0.717, 1.165) is 16.7 Å². The second kappa shape index (κ2) is 12.5. The number of ether oxygens (including phenoxy) is 3. The fourth-order valence-electron chi connectivity index (χ4n) is 3.78. The molecule has 0 radical (unpaired) electrons. The van der Waals surface area contributed by atoms with Gasteiger partial charge < -0.3 is 19.5 Å². The largest absolute Gasteiger partial charge is 0.489 e. The van der Waals surface area contributed by atoms with Gasteiger partial charge >= 0.3 is 12.1 Å². The monoisotopic (exact) mass is 552 g/mol. The summed E-state index contributed by atoms with van der Waals surface area (Å²) in [6, 6.07) is 18.3. The first kappa shape index (κ1) is 30.0. The van der Waals surface area contributed by atoms with Gasteiger partial charge in [-0.05, 0) is 90.4 Å². The number of rotatable bonds is 8. The molecule has 0 aliphatic rings. The first-order valence-corrected chi connectivity index (χ1v) is 13.3. The lowest BCUT2D eigenvalue weighted by Crippen LogP contribution is -2.34. The van der Waals surface area contributed by atoms with Crippen LogP contribution in [0.15, 0.2) is 60.7 Å². The van der Waals surface area contributed by atoms with Crippen molar-refractivity contribution in [3.63, 3.8) is 0 Å². The minimum absolute atomic E-state index is 0.112. The summed E-state index contributed by atoms with van der Waals surface area (Å²) in [6.45, 7) is 13.1. The molecular weight excluding hydrogens is 516 g/mol. The topological polar surface area (TPSA) is 86.8 Å². The molecule has 3 rings (SSSR count). The minimum atomic E-state index is -0.589. The maximum Gasteiger partial charge on any atom is 0.408 e.